The van der Waals surface area contributed by atoms with E-state index in [0.717, 1.165) is 49.5 Å². The Balaban J connectivity index is 2.14. The number of carboxylic acids is 1. The van der Waals surface area contributed by atoms with E-state index < -0.39 is 23.2 Å². The molecule has 0 amide bonds. The fourth-order valence-electron chi connectivity index (χ4n) is 3.04. The molecule has 2 aromatic rings. The number of aliphatic carboxylic acids is 1. The topological polar surface area (TPSA) is 98.3 Å². The minimum absolute atomic E-state index is 0.217. The Kier molecular flexibility index (Phi) is 8.81. The van der Waals surface area contributed by atoms with Crippen LogP contribution in [0.2, 0.25) is 0 Å². The van der Waals surface area contributed by atoms with Crippen LogP contribution in [-0.4, -0.2) is 27.9 Å². The normalized spacial score (nSPS) is 13.7. The number of hydrogen-bond acceptors (Lipinski definition) is 6. The van der Waals surface area contributed by atoms with Gasteiger partial charge >= 0.3 is 12.1 Å². The Labute approximate surface area is 183 Å². The highest BCUT2D eigenvalue weighted by molar-refractivity contribution is 7.14. The number of rotatable bonds is 12. The molecule has 0 aliphatic heterocycles. The number of benzene rings is 1. The van der Waals surface area contributed by atoms with Crippen LogP contribution in [0.4, 0.5) is 13.2 Å². The molecule has 31 heavy (non-hydrogen) atoms. The number of aromatic nitrogens is 2. The summed E-state index contributed by atoms with van der Waals surface area (Å²) >= 11 is 0.972. The molecule has 0 radical (unpaired) electrons. The Bertz CT molecular complexity index is 869. The first-order valence-corrected chi connectivity index (χ1v) is 11.1. The number of nitrogens with two attached hydrogens (primary N) is 1. The second-order valence-corrected chi connectivity index (χ2v) is 8.70. The number of unbranched alkanes of at least 4 members (excludes halogenated alkanes) is 5. The van der Waals surface area contributed by atoms with Crippen molar-refractivity contribution in [1.82, 2.24) is 10.2 Å². The van der Waals surface area contributed by atoms with Crippen molar-refractivity contribution >= 4 is 17.3 Å². The summed E-state index contributed by atoms with van der Waals surface area (Å²) in [5.41, 5.74) is 4.05. The highest BCUT2D eigenvalue weighted by atomic mass is 32.1. The number of carbonyl (C=O) groups is 1. The van der Waals surface area contributed by atoms with Gasteiger partial charge in [-0.05, 0) is 31.5 Å². The van der Waals surface area contributed by atoms with Crippen molar-refractivity contribution < 1.29 is 27.8 Å². The molecule has 0 fully saturated rings. The average Bonchev–Trinajstić information content (AvgIpc) is 3.17. The van der Waals surface area contributed by atoms with Crippen LogP contribution in [0, 0.1) is 0 Å². The zero-order chi connectivity index (χ0) is 23.1. The summed E-state index contributed by atoms with van der Waals surface area (Å²) in [5.74, 6) is -1.32. The van der Waals surface area contributed by atoms with E-state index in [1.807, 2.05) is 0 Å². The van der Waals surface area contributed by atoms with Crippen LogP contribution in [0.5, 0.6) is 5.75 Å². The van der Waals surface area contributed by atoms with E-state index in [4.69, 9.17) is 15.6 Å². The smallest absolute Gasteiger partial charge is 0.419 e. The van der Waals surface area contributed by atoms with Gasteiger partial charge in [0, 0.05) is 5.56 Å². The van der Waals surface area contributed by atoms with Crippen molar-refractivity contribution in [2.75, 3.05) is 6.61 Å². The predicted octanol–water partition coefficient (Wildman–Crippen LogP) is 5.61. The molecule has 0 saturated carbocycles. The number of halogens is 3. The molecule has 0 bridgehead atoms. The maximum atomic E-state index is 13.6. The van der Waals surface area contributed by atoms with Gasteiger partial charge in [0.15, 0.2) is 0 Å². The molecular weight excluding hydrogens is 431 g/mol. The van der Waals surface area contributed by atoms with E-state index in [1.54, 1.807) is 0 Å². The van der Waals surface area contributed by atoms with Crippen LogP contribution in [0.15, 0.2) is 18.2 Å². The van der Waals surface area contributed by atoms with Gasteiger partial charge in [-0.1, -0.05) is 50.4 Å². The van der Waals surface area contributed by atoms with Crippen molar-refractivity contribution in [3.05, 3.63) is 28.8 Å². The maximum Gasteiger partial charge on any atom is 0.419 e. The first kappa shape index (κ1) is 25.1. The van der Waals surface area contributed by atoms with E-state index in [2.05, 4.69) is 17.1 Å². The minimum Gasteiger partial charge on any atom is -0.493 e. The van der Waals surface area contributed by atoms with Crippen molar-refractivity contribution in [1.29, 1.82) is 0 Å². The second kappa shape index (κ2) is 10.9. The summed E-state index contributed by atoms with van der Waals surface area (Å²) in [6.07, 6.45) is 1.11. The molecule has 1 aromatic heterocycles. The van der Waals surface area contributed by atoms with Crippen LogP contribution in [0.3, 0.4) is 0 Å². The average molecular weight is 460 g/mol. The van der Waals surface area contributed by atoms with Gasteiger partial charge in [-0.15, -0.1) is 10.2 Å². The van der Waals surface area contributed by atoms with Gasteiger partial charge in [-0.2, -0.15) is 13.2 Å². The van der Waals surface area contributed by atoms with E-state index in [-0.39, 0.29) is 34.4 Å². The monoisotopic (exact) mass is 459 g/mol. The highest BCUT2D eigenvalue weighted by Gasteiger charge is 2.35. The summed E-state index contributed by atoms with van der Waals surface area (Å²) in [7, 11) is 0. The fraction of sp³-hybridized carbons (Fsp3) is 0.571. The summed E-state index contributed by atoms with van der Waals surface area (Å²) in [6.45, 7) is 3.84. The molecule has 0 aliphatic rings. The summed E-state index contributed by atoms with van der Waals surface area (Å²) in [4.78, 5) is 11.0. The van der Waals surface area contributed by atoms with Gasteiger partial charge in [0.05, 0.1) is 24.1 Å². The van der Waals surface area contributed by atoms with E-state index in [1.165, 1.54) is 19.1 Å². The van der Waals surface area contributed by atoms with Crippen LogP contribution < -0.4 is 10.5 Å². The number of carboxylic acid groups (broad SMARTS) is 1. The molecule has 0 saturated heterocycles. The molecule has 172 valence electrons. The molecule has 10 heteroatoms. The minimum atomic E-state index is -4.59. The standard InChI is InChI=1S/C21H28F3N3O3S/c1-3-4-5-6-7-8-11-30-16-10-9-14(12-15(16)21(22,23)24)18-26-27-19(31-18)20(2,25)13-17(28)29/h9-10,12H,3-8,11,13,25H2,1-2H3,(H,28,29)/t20-/m0/s1. The summed E-state index contributed by atoms with van der Waals surface area (Å²) in [6, 6.07) is 3.75. The van der Waals surface area contributed by atoms with E-state index in [0.29, 0.717) is 6.42 Å². The molecule has 0 unspecified atom stereocenters. The fourth-order valence-corrected chi connectivity index (χ4v) is 3.93. The third-order valence-electron chi connectivity index (χ3n) is 4.72. The first-order valence-electron chi connectivity index (χ1n) is 10.2. The molecule has 3 N–H and O–H groups in total. The lowest BCUT2D eigenvalue weighted by molar-refractivity contribution is -0.139. The molecule has 0 aliphatic carbocycles. The summed E-state index contributed by atoms with van der Waals surface area (Å²) in [5, 5.41) is 17.2. The Morgan fingerprint density at radius 1 is 1.16 bits per heavy atom. The number of ether oxygens (including phenoxy) is 1. The van der Waals surface area contributed by atoms with Crippen molar-refractivity contribution in [3.63, 3.8) is 0 Å². The number of alkyl halides is 3. The summed E-state index contributed by atoms with van der Waals surface area (Å²) < 4.78 is 46.2. The van der Waals surface area contributed by atoms with Gasteiger partial charge in [-0.25, -0.2) is 0 Å². The molecular formula is C21H28F3N3O3S. The van der Waals surface area contributed by atoms with Crippen LogP contribution in [-0.2, 0) is 16.5 Å². The van der Waals surface area contributed by atoms with Crippen molar-refractivity contribution in [2.45, 2.75) is 70.5 Å². The molecule has 2 rings (SSSR count). The van der Waals surface area contributed by atoms with E-state index >= 15 is 0 Å². The van der Waals surface area contributed by atoms with Crippen molar-refractivity contribution in [3.8, 4) is 16.3 Å². The van der Waals surface area contributed by atoms with Crippen molar-refractivity contribution in [2.24, 2.45) is 5.73 Å². The maximum absolute atomic E-state index is 13.6. The van der Waals surface area contributed by atoms with Gasteiger partial charge in [0.2, 0.25) is 0 Å². The van der Waals surface area contributed by atoms with Gasteiger partial charge in [0.25, 0.3) is 0 Å². The largest absolute Gasteiger partial charge is 0.493 e. The molecule has 1 heterocycles. The highest BCUT2D eigenvalue weighted by Crippen LogP contribution is 2.40. The molecule has 0 spiro atoms. The third kappa shape index (κ3) is 7.46. The SMILES string of the molecule is CCCCCCCCOc1ccc(-c2nnc([C@@](C)(N)CC(=O)O)s2)cc1C(F)(F)F. The third-order valence-corrected chi connectivity index (χ3v) is 5.97. The number of hydrogen-bond donors (Lipinski definition) is 2. The Morgan fingerprint density at radius 2 is 1.84 bits per heavy atom. The molecule has 1 atom stereocenters. The molecule has 6 nitrogen and oxygen atoms in total. The lowest BCUT2D eigenvalue weighted by Crippen LogP contribution is -2.35. The lowest BCUT2D eigenvalue weighted by atomic mass is 10.0. The first-order chi connectivity index (χ1) is 14.5. The lowest BCUT2D eigenvalue weighted by Gasteiger charge is -2.18. The van der Waals surface area contributed by atoms with Gasteiger partial charge < -0.3 is 15.6 Å². The predicted molar refractivity (Wildman–Crippen MR) is 113 cm³/mol. The van der Waals surface area contributed by atoms with E-state index in [9.17, 15) is 18.0 Å². The Hall–Kier alpha value is -2.20. The zero-order valence-electron chi connectivity index (χ0n) is 17.7. The van der Waals surface area contributed by atoms with Crippen LogP contribution in [0.1, 0.15) is 69.4 Å². The Morgan fingerprint density at radius 3 is 2.48 bits per heavy atom. The molecule has 1 aromatic carbocycles. The second-order valence-electron chi connectivity index (χ2n) is 7.73. The number of nitrogens with zero attached hydrogens (tertiary/aromatic N) is 2. The zero-order valence-corrected chi connectivity index (χ0v) is 18.5. The van der Waals surface area contributed by atoms with Crippen LogP contribution in [0.25, 0.3) is 10.6 Å². The van der Waals surface area contributed by atoms with Crippen LogP contribution >= 0.6 is 11.3 Å². The van der Waals surface area contributed by atoms with Gasteiger partial charge in [0.1, 0.15) is 15.8 Å². The quantitative estimate of drug-likeness (QED) is 0.400. The van der Waals surface area contributed by atoms with Gasteiger partial charge in [-0.3, -0.25) is 4.79 Å².